The van der Waals surface area contributed by atoms with Gasteiger partial charge in [-0.2, -0.15) is 0 Å². The number of nitrogens with zero attached hydrogens (tertiary/aromatic N) is 2. The number of amides is 2. The van der Waals surface area contributed by atoms with Crippen molar-refractivity contribution in [2.75, 3.05) is 31.2 Å². The number of halogens is 1. The number of para-hydroxylation sites is 1. The fourth-order valence-electron chi connectivity index (χ4n) is 6.28. The van der Waals surface area contributed by atoms with Crippen molar-refractivity contribution in [3.63, 3.8) is 0 Å². The Balaban J connectivity index is 1.75. The third-order valence-electron chi connectivity index (χ3n) is 7.74. The zero-order chi connectivity index (χ0) is 26.7. The van der Waals surface area contributed by atoms with Crippen molar-refractivity contribution in [2.45, 2.75) is 56.8 Å². The first kappa shape index (κ1) is 27.4. The van der Waals surface area contributed by atoms with E-state index in [2.05, 4.69) is 13.2 Å². The van der Waals surface area contributed by atoms with Crippen molar-refractivity contribution in [3.05, 3.63) is 54.1 Å². The number of benzene rings is 1. The van der Waals surface area contributed by atoms with Crippen LogP contribution in [0.1, 0.15) is 37.7 Å². The summed E-state index contributed by atoms with van der Waals surface area (Å²) in [5.41, 5.74) is 0.261. The maximum atomic E-state index is 14.4. The van der Waals surface area contributed by atoms with Crippen molar-refractivity contribution < 1.29 is 29.0 Å². The van der Waals surface area contributed by atoms with Crippen molar-refractivity contribution >= 4 is 35.1 Å². The van der Waals surface area contributed by atoms with Gasteiger partial charge in [0.15, 0.2) is 0 Å². The Labute approximate surface area is 222 Å². The monoisotopic (exact) mass is 530 g/mol. The first-order chi connectivity index (χ1) is 17.8. The van der Waals surface area contributed by atoms with Crippen LogP contribution in [0.2, 0.25) is 5.02 Å². The summed E-state index contributed by atoms with van der Waals surface area (Å²) in [4.78, 5) is 44.6. The van der Waals surface area contributed by atoms with Crippen LogP contribution in [0, 0.1) is 18.8 Å². The molecule has 0 saturated carbocycles. The van der Waals surface area contributed by atoms with E-state index in [-0.39, 0.29) is 31.6 Å². The van der Waals surface area contributed by atoms with Gasteiger partial charge in [-0.15, -0.1) is 6.58 Å². The zero-order valence-corrected chi connectivity index (χ0v) is 22.0. The highest BCUT2D eigenvalue weighted by molar-refractivity contribution is 6.34. The summed E-state index contributed by atoms with van der Waals surface area (Å²) in [5.74, 6) is -2.64. The molecule has 3 heterocycles. The van der Waals surface area contributed by atoms with Crippen LogP contribution in [-0.4, -0.2) is 71.8 Å². The lowest BCUT2D eigenvalue weighted by Crippen LogP contribution is -2.56. The van der Waals surface area contributed by atoms with Crippen molar-refractivity contribution in [1.82, 2.24) is 4.90 Å². The first-order valence-electron chi connectivity index (χ1n) is 12.9. The SMILES string of the molecule is C=CCOC(=O)[C@@H]1[C@H]2C(=O)N(CCCCCO)C(C(=O)N(CC=C)c3c(C)cccc3Cl)C23CC[C@H]1O3. The Morgan fingerprint density at radius 2 is 2.08 bits per heavy atom. The number of rotatable bonds is 12. The molecule has 3 aliphatic heterocycles. The molecule has 2 unspecified atom stereocenters. The highest BCUT2D eigenvalue weighted by Gasteiger charge is 2.75. The van der Waals surface area contributed by atoms with E-state index in [4.69, 9.17) is 21.1 Å². The summed E-state index contributed by atoms with van der Waals surface area (Å²) in [5, 5.41) is 9.62. The van der Waals surface area contributed by atoms with E-state index in [0.717, 1.165) is 5.56 Å². The van der Waals surface area contributed by atoms with Gasteiger partial charge >= 0.3 is 5.97 Å². The Hall–Kier alpha value is -2.68. The van der Waals surface area contributed by atoms with Crippen molar-refractivity contribution in [1.29, 1.82) is 0 Å². The van der Waals surface area contributed by atoms with E-state index in [1.165, 1.54) is 6.08 Å². The molecule has 0 radical (unpaired) electrons. The van der Waals surface area contributed by atoms with Gasteiger partial charge in [-0.05, 0) is 50.7 Å². The van der Waals surface area contributed by atoms with Crippen LogP contribution in [0.3, 0.4) is 0 Å². The molecule has 3 saturated heterocycles. The molecular weight excluding hydrogens is 496 g/mol. The minimum Gasteiger partial charge on any atom is -0.461 e. The number of anilines is 1. The Morgan fingerprint density at radius 1 is 1.30 bits per heavy atom. The molecule has 200 valence electrons. The number of carbonyl (C=O) groups is 3. The quantitative estimate of drug-likeness (QED) is 0.253. The average molecular weight is 531 g/mol. The van der Waals surface area contributed by atoms with Gasteiger partial charge < -0.3 is 24.4 Å². The van der Waals surface area contributed by atoms with Crippen LogP contribution < -0.4 is 4.90 Å². The van der Waals surface area contributed by atoms with Crippen LogP contribution in [0.25, 0.3) is 0 Å². The molecule has 2 bridgehead atoms. The predicted molar refractivity (Wildman–Crippen MR) is 140 cm³/mol. The average Bonchev–Trinajstić information content (AvgIpc) is 3.51. The van der Waals surface area contributed by atoms with E-state index in [9.17, 15) is 19.5 Å². The van der Waals surface area contributed by atoms with Gasteiger partial charge in [0.25, 0.3) is 5.91 Å². The third kappa shape index (κ3) is 4.71. The van der Waals surface area contributed by atoms with E-state index in [0.29, 0.717) is 49.4 Å². The molecule has 1 aromatic rings. The number of unbranched alkanes of at least 4 members (excludes halogenated alkanes) is 2. The molecule has 1 N–H and O–H groups in total. The van der Waals surface area contributed by atoms with Gasteiger partial charge in [-0.3, -0.25) is 14.4 Å². The van der Waals surface area contributed by atoms with Crippen LogP contribution in [-0.2, 0) is 23.9 Å². The Bertz CT molecular complexity index is 1060. The van der Waals surface area contributed by atoms with Crippen molar-refractivity contribution in [3.8, 4) is 0 Å². The van der Waals surface area contributed by atoms with E-state index in [1.54, 1.807) is 21.9 Å². The summed E-state index contributed by atoms with van der Waals surface area (Å²) >= 11 is 6.56. The molecule has 0 aliphatic carbocycles. The molecule has 2 amide bonds. The number of hydrogen-bond donors (Lipinski definition) is 1. The molecule has 5 atom stereocenters. The molecule has 0 aromatic heterocycles. The minimum absolute atomic E-state index is 0.0437. The number of aliphatic hydroxyl groups is 1. The molecular formula is C28H35ClN2O6. The number of likely N-dealkylation sites (tertiary alicyclic amines) is 1. The van der Waals surface area contributed by atoms with Crippen LogP contribution >= 0.6 is 11.6 Å². The molecule has 8 nitrogen and oxygen atoms in total. The molecule has 9 heteroatoms. The number of hydrogen-bond acceptors (Lipinski definition) is 6. The van der Waals surface area contributed by atoms with E-state index < -0.39 is 35.6 Å². The van der Waals surface area contributed by atoms with Gasteiger partial charge in [0.2, 0.25) is 5.91 Å². The summed E-state index contributed by atoms with van der Waals surface area (Å²) < 4.78 is 11.8. The molecule has 4 rings (SSSR count). The summed E-state index contributed by atoms with van der Waals surface area (Å²) in [6, 6.07) is 4.50. The maximum Gasteiger partial charge on any atom is 0.312 e. The van der Waals surface area contributed by atoms with Crippen LogP contribution in [0.4, 0.5) is 5.69 Å². The van der Waals surface area contributed by atoms with Gasteiger partial charge in [0, 0.05) is 19.7 Å². The Morgan fingerprint density at radius 3 is 2.76 bits per heavy atom. The van der Waals surface area contributed by atoms with Crippen molar-refractivity contribution in [2.24, 2.45) is 11.8 Å². The third-order valence-corrected chi connectivity index (χ3v) is 8.05. The number of aryl methyl sites for hydroxylation is 1. The molecule has 37 heavy (non-hydrogen) atoms. The summed E-state index contributed by atoms with van der Waals surface area (Å²) in [7, 11) is 0. The minimum atomic E-state index is -1.12. The predicted octanol–water partition coefficient (Wildman–Crippen LogP) is 3.43. The molecule has 3 fully saturated rings. The lowest BCUT2D eigenvalue weighted by atomic mass is 9.70. The molecule has 1 aromatic carbocycles. The normalized spacial score (nSPS) is 27.8. The van der Waals surface area contributed by atoms with Gasteiger partial charge in [-0.25, -0.2) is 0 Å². The highest BCUT2D eigenvalue weighted by Crippen LogP contribution is 2.59. The van der Waals surface area contributed by atoms with E-state index >= 15 is 0 Å². The molecule has 3 aliphatic rings. The number of esters is 1. The smallest absolute Gasteiger partial charge is 0.312 e. The zero-order valence-electron chi connectivity index (χ0n) is 21.2. The lowest BCUT2D eigenvalue weighted by molar-refractivity contribution is -0.154. The number of carbonyl (C=O) groups excluding carboxylic acids is 3. The fraction of sp³-hybridized carbons (Fsp3) is 0.536. The second-order valence-corrected chi connectivity index (χ2v) is 10.3. The summed E-state index contributed by atoms with van der Waals surface area (Å²) in [6.07, 6.45) is 5.60. The van der Waals surface area contributed by atoms with Gasteiger partial charge in [-0.1, -0.05) is 42.5 Å². The fourth-order valence-corrected chi connectivity index (χ4v) is 6.61. The second kappa shape index (κ2) is 11.4. The first-order valence-corrected chi connectivity index (χ1v) is 13.2. The highest BCUT2D eigenvalue weighted by atomic mass is 35.5. The largest absolute Gasteiger partial charge is 0.461 e. The topological polar surface area (TPSA) is 96.4 Å². The molecule has 1 spiro atoms. The number of ether oxygens (including phenoxy) is 2. The van der Waals surface area contributed by atoms with Gasteiger partial charge in [0.05, 0.1) is 28.6 Å². The second-order valence-electron chi connectivity index (χ2n) is 9.93. The maximum absolute atomic E-state index is 14.4. The Kier molecular flexibility index (Phi) is 8.41. The lowest BCUT2D eigenvalue weighted by Gasteiger charge is -2.37. The van der Waals surface area contributed by atoms with E-state index in [1.807, 2.05) is 19.1 Å². The van der Waals surface area contributed by atoms with Crippen LogP contribution in [0.5, 0.6) is 0 Å². The number of aliphatic hydroxyl groups excluding tert-OH is 1. The van der Waals surface area contributed by atoms with Gasteiger partial charge in [0.1, 0.15) is 18.2 Å². The summed E-state index contributed by atoms with van der Waals surface area (Å²) in [6.45, 7) is 9.92. The number of fused-ring (bicyclic) bond motifs is 1. The van der Waals surface area contributed by atoms with Crippen LogP contribution in [0.15, 0.2) is 43.5 Å². The standard InChI is InChI=1S/C28H35ClN2O6/c1-4-14-30(23-18(3)10-9-11-19(23)29)26(34)24-28-13-12-20(37-28)21(27(35)36-17-5-2)22(28)25(33)31(24)15-7-6-8-16-32/h4-5,9-11,20-22,24,32H,1-2,6-8,12-17H2,3H3/t20-,21+,22+,24?,28?/m1/s1.